The van der Waals surface area contributed by atoms with Crippen molar-refractivity contribution in [3.05, 3.63) is 22.3 Å². The van der Waals surface area contributed by atoms with Crippen molar-refractivity contribution in [2.24, 2.45) is 0 Å². The van der Waals surface area contributed by atoms with Crippen molar-refractivity contribution in [1.82, 2.24) is 0 Å². The number of ether oxygens (including phenoxy) is 1. The molecule has 35 heavy (non-hydrogen) atoms. The molecule has 0 aromatic heterocycles. The van der Waals surface area contributed by atoms with Crippen LogP contribution in [-0.2, 0) is 6.42 Å². The van der Waals surface area contributed by atoms with Crippen LogP contribution in [0.1, 0.15) is 178 Å². The van der Waals surface area contributed by atoms with Gasteiger partial charge in [0.05, 0.1) is 0 Å². The second kappa shape index (κ2) is 15.2. The SMILES string of the molecule is CCCCCCCCCCCCCCCCC1(C)CCc2c(c(C)c(C(C)C)c(O)c2C(C)C)O1. The predicted octanol–water partition coefficient (Wildman–Crippen LogP) is 10.9. The molecule has 2 heteroatoms. The largest absolute Gasteiger partial charge is 0.507 e. The maximum absolute atomic E-state index is 11.1. The Kier molecular flexibility index (Phi) is 13.0. The fourth-order valence-corrected chi connectivity index (χ4v) is 6.21. The van der Waals surface area contributed by atoms with Crippen molar-refractivity contribution in [3.63, 3.8) is 0 Å². The van der Waals surface area contributed by atoms with Crippen molar-refractivity contribution >= 4 is 0 Å². The molecule has 2 nitrogen and oxygen atoms in total. The van der Waals surface area contributed by atoms with Crippen molar-refractivity contribution in [2.75, 3.05) is 0 Å². The second-order valence-electron chi connectivity index (χ2n) is 12.3. The molecular weight excluding hydrogens is 428 g/mol. The average Bonchev–Trinajstić information content (AvgIpc) is 2.79. The molecule has 2 rings (SSSR count). The van der Waals surface area contributed by atoms with Crippen molar-refractivity contribution < 1.29 is 9.84 Å². The molecule has 1 unspecified atom stereocenters. The molecule has 1 aliphatic rings. The summed E-state index contributed by atoms with van der Waals surface area (Å²) in [6.45, 7) is 15.5. The zero-order valence-corrected chi connectivity index (χ0v) is 24.5. The molecular formula is C33H58O2. The summed E-state index contributed by atoms with van der Waals surface area (Å²) in [4.78, 5) is 0. The van der Waals surface area contributed by atoms with Crippen LogP contribution in [0.25, 0.3) is 0 Å². The second-order valence-corrected chi connectivity index (χ2v) is 12.3. The summed E-state index contributed by atoms with van der Waals surface area (Å²) in [5.74, 6) is 2.20. The predicted molar refractivity (Wildman–Crippen MR) is 153 cm³/mol. The number of hydrogen-bond donors (Lipinski definition) is 1. The molecule has 0 fully saturated rings. The van der Waals surface area contributed by atoms with Gasteiger partial charge in [-0.2, -0.15) is 0 Å². The zero-order chi connectivity index (χ0) is 25.8. The smallest absolute Gasteiger partial charge is 0.127 e. The Morgan fingerprint density at radius 1 is 0.743 bits per heavy atom. The van der Waals surface area contributed by atoms with E-state index in [1.54, 1.807) is 0 Å². The third-order valence-electron chi connectivity index (χ3n) is 8.32. The fraction of sp³-hybridized carbons (Fsp3) is 0.818. The van der Waals surface area contributed by atoms with Gasteiger partial charge in [0.15, 0.2) is 0 Å². The van der Waals surface area contributed by atoms with Gasteiger partial charge in [0, 0.05) is 16.7 Å². The van der Waals surface area contributed by atoms with E-state index < -0.39 is 0 Å². The molecule has 0 saturated heterocycles. The minimum atomic E-state index is -0.0750. The highest BCUT2D eigenvalue weighted by Crippen LogP contribution is 2.49. The Hall–Kier alpha value is -1.18. The number of phenolic OH excluding ortho intramolecular Hbond substituents is 1. The third kappa shape index (κ3) is 9.01. The molecule has 0 aliphatic carbocycles. The van der Waals surface area contributed by atoms with Crippen LogP contribution >= 0.6 is 0 Å². The lowest BCUT2D eigenvalue weighted by Gasteiger charge is -2.39. The number of rotatable bonds is 17. The highest BCUT2D eigenvalue weighted by molar-refractivity contribution is 5.61. The van der Waals surface area contributed by atoms with E-state index in [2.05, 4.69) is 48.5 Å². The van der Waals surface area contributed by atoms with Crippen LogP contribution in [-0.4, -0.2) is 10.7 Å². The van der Waals surface area contributed by atoms with Crippen LogP contribution in [0.5, 0.6) is 11.5 Å². The quantitative estimate of drug-likeness (QED) is 0.222. The van der Waals surface area contributed by atoms with E-state index in [1.807, 2.05) is 0 Å². The van der Waals surface area contributed by atoms with Crippen molar-refractivity contribution in [2.45, 2.75) is 175 Å². The topological polar surface area (TPSA) is 29.5 Å². The summed E-state index contributed by atoms with van der Waals surface area (Å²) in [5.41, 5.74) is 4.54. The van der Waals surface area contributed by atoms with Crippen LogP contribution < -0.4 is 4.74 Å². The Balaban J connectivity index is 1.73. The molecule has 0 radical (unpaired) electrons. The van der Waals surface area contributed by atoms with Gasteiger partial charge < -0.3 is 9.84 Å². The maximum atomic E-state index is 11.1. The van der Waals surface area contributed by atoms with Crippen molar-refractivity contribution in [1.29, 1.82) is 0 Å². The molecule has 0 saturated carbocycles. The van der Waals surface area contributed by atoms with Gasteiger partial charge in [0.25, 0.3) is 0 Å². The summed E-state index contributed by atoms with van der Waals surface area (Å²) in [6.07, 6.45) is 22.8. The summed E-state index contributed by atoms with van der Waals surface area (Å²) < 4.78 is 6.79. The Morgan fingerprint density at radius 3 is 1.66 bits per heavy atom. The molecule has 1 aromatic carbocycles. The number of phenols is 1. The van der Waals surface area contributed by atoms with E-state index in [4.69, 9.17) is 4.74 Å². The Morgan fingerprint density at radius 2 is 1.20 bits per heavy atom. The fourth-order valence-electron chi connectivity index (χ4n) is 6.21. The highest BCUT2D eigenvalue weighted by Gasteiger charge is 2.36. The number of fused-ring (bicyclic) bond motifs is 1. The maximum Gasteiger partial charge on any atom is 0.127 e. The summed E-state index contributed by atoms with van der Waals surface area (Å²) in [7, 11) is 0. The number of benzene rings is 1. The van der Waals surface area contributed by atoms with E-state index in [0.29, 0.717) is 17.6 Å². The number of unbranched alkanes of at least 4 members (excludes halogenated alkanes) is 13. The molecule has 0 spiro atoms. The van der Waals surface area contributed by atoms with Gasteiger partial charge >= 0.3 is 0 Å². The van der Waals surface area contributed by atoms with E-state index >= 15 is 0 Å². The normalized spacial score (nSPS) is 17.7. The van der Waals surface area contributed by atoms with Crippen LogP contribution in [0.15, 0.2) is 0 Å². The molecule has 0 amide bonds. The lowest BCUT2D eigenvalue weighted by Crippen LogP contribution is -2.37. The summed E-state index contributed by atoms with van der Waals surface area (Å²) in [6, 6.07) is 0. The van der Waals surface area contributed by atoms with Gasteiger partial charge in [0.2, 0.25) is 0 Å². The third-order valence-corrected chi connectivity index (χ3v) is 8.32. The Bertz CT molecular complexity index is 748. The molecule has 202 valence electrons. The van der Waals surface area contributed by atoms with Crippen molar-refractivity contribution in [3.8, 4) is 11.5 Å². The van der Waals surface area contributed by atoms with Gasteiger partial charge in [-0.15, -0.1) is 0 Å². The molecule has 1 atom stereocenters. The molecule has 0 bridgehead atoms. The van der Waals surface area contributed by atoms with Gasteiger partial charge in [0.1, 0.15) is 17.1 Å². The van der Waals surface area contributed by atoms with E-state index in [1.165, 1.54) is 95.5 Å². The monoisotopic (exact) mass is 486 g/mol. The van der Waals surface area contributed by atoms with E-state index in [0.717, 1.165) is 41.7 Å². The first-order valence-electron chi connectivity index (χ1n) is 15.3. The molecule has 1 aliphatic heterocycles. The van der Waals surface area contributed by atoms with Gasteiger partial charge in [-0.3, -0.25) is 0 Å². The standard InChI is InChI=1S/C33H58O2/c1-8-9-10-11-12-13-14-15-16-17-18-19-20-21-23-33(7)24-22-28-30(26(4)5)31(34)29(25(2)3)27(6)32(28)35-33/h25-26,34H,8-24H2,1-7H3. The van der Waals surface area contributed by atoms with Gasteiger partial charge in [-0.1, -0.05) is 118 Å². The molecule has 1 heterocycles. The first-order valence-corrected chi connectivity index (χ1v) is 15.3. The van der Waals surface area contributed by atoms with E-state index in [9.17, 15) is 5.11 Å². The molecule has 1 N–H and O–H groups in total. The minimum absolute atomic E-state index is 0.0750. The van der Waals surface area contributed by atoms with Crippen LogP contribution in [0.2, 0.25) is 0 Å². The number of hydrogen-bond acceptors (Lipinski definition) is 2. The van der Waals surface area contributed by atoms with Gasteiger partial charge in [-0.25, -0.2) is 0 Å². The molecule has 1 aromatic rings. The first-order chi connectivity index (χ1) is 16.7. The highest BCUT2D eigenvalue weighted by atomic mass is 16.5. The Labute approximate surface area is 218 Å². The first kappa shape index (κ1) is 30.0. The van der Waals surface area contributed by atoms with Gasteiger partial charge in [-0.05, 0) is 56.9 Å². The minimum Gasteiger partial charge on any atom is -0.507 e. The summed E-state index contributed by atoms with van der Waals surface area (Å²) >= 11 is 0. The van der Waals surface area contributed by atoms with Crippen LogP contribution in [0.3, 0.4) is 0 Å². The number of aromatic hydroxyl groups is 1. The van der Waals surface area contributed by atoms with Crippen LogP contribution in [0, 0.1) is 6.92 Å². The van der Waals surface area contributed by atoms with E-state index in [-0.39, 0.29) is 5.60 Å². The lowest BCUT2D eigenvalue weighted by atomic mass is 9.80. The lowest BCUT2D eigenvalue weighted by molar-refractivity contribution is 0.0519. The average molecular weight is 487 g/mol. The summed E-state index contributed by atoms with van der Waals surface area (Å²) in [5, 5.41) is 11.1. The zero-order valence-electron chi connectivity index (χ0n) is 24.5. The van der Waals surface area contributed by atoms with Crippen LogP contribution in [0.4, 0.5) is 0 Å².